The summed E-state index contributed by atoms with van der Waals surface area (Å²) in [4.78, 5) is 0. The van der Waals surface area contributed by atoms with Crippen molar-refractivity contribution >= 4 is 0 Å². The van der Waals surface area contributed by atoms with Crippen LogP contribution in [-0.4, -0.2) is 36.1 Å². The SMILES string of the molecule is CC(O)(Cc1cccc(F)c1)C1CCOC2(CCOC2)C1. The fraction of sp³-hybridized carbons (Fsp3) is 0.647. The van der Waals surface area contributed by atoms with Gasteiger partial charge in [0.25, 0.3) is 0 Å². The molecular weight excluding hydrogens is 271 g/mol. The van der Waals surface area contributed by atoms with Gasteiger partial charge in [-0.2, -0.15) is 0 Å². The molecule has 3 atom stereocenters. The summed E-state index contributed by atoms with van der Waals surface area (Å²) in [6.45, 7) is 3.88. The predicted molar refractivity (Wildman–Crippen MR) is 77.6 cm³/mol. The molecule has 116 valence electrons. The molecule has 0 radical (unpaired) electrons. The van der Waals surface area contributed by atoms with Gasteiger partial charge in [0.1, 0.15) is 5.82 Å². The third-order valence-corrected chi connectivity index (χ3v) is 4.89. The number of halogens is 1. The Bertz CT molecular complexity index is 495. The van der Waals surface area contributed by atoms with E-state index in [-0.39, 0.29) is 17.3 Å². The fourth-order valence-corrected chi connectivity index (χ4v) is 3.63. The van der Waals surface area contributed by atoms with Gasteiger partial charge in [-0.3, -0.25) is 0 Å². The van der Waals surface area contributed by atoms with E-state index in [0.29, 0.717) is 19.6 Å². The van der Waals surface area contributed by atoms with Crippen LogP contribution >= 0.6 is 0 Å². The molecule has 21 heavy (non-hydrogen) atoms. The van der Waals surface area contributed by atoms with E-state index < -0.39 is 5.60 Å². The lowest BCUT2D eigenvalue weighted by molar-refractivity contribution is -0.138. The molecular formula is C17H23FO3. The van der Waals surface area contributed by atoms with Crippen molar-refractivity contribution in [2.45, 2.75) is 43.8 Å². The van der Waals surface area contributed by atoms with Gasteiger partial charge in [0.05, 0.1) is 17.8 Å². The maximum absolute atomic E-state index is 13.3. The Labute approximate surface area is 125 Å². The van der Waals surface area contributed by atoms with Crippen LogP contribution in [0.4, 0.5) is 4.39 Å². The largest absolute Gasteiger partial charge is 0.390 e. The molecule has 0 amide bonds. The number of hydrogen-bond donors (Lipinski definition) is 1. The summed E-state index contributed by atoms with van der Waals surface area (Å²) in [5, 5.41) is 10.9. The van der Waals surface area contributed by atoms with E-state index in [2.05, 4.69) is 0 Å². The molecule has 1 aromatic carbocycles. The quantitative estimate of drug-likeness (QED) is 0.931. The molecule has 0 saturated carbocycles. The first-order valence-electron chi connectivity index (χ1n) is 7.68. The molecule has 2 aliphatic rings. The molecule has 0 bridgehead atoms. The van der Waals surface area contributed by atoms with Crippen LogP contribution in [0.2, 0.25) is 0 Å². The molecule has 1 spiro atoms. The Morgan fingerprint density at radius 1 is 1.43 bits per heavy atom. The van der Waals surface area contributed by atoms with Crippen LogP contribution in [0, 0.1) is 11.7 Å². The van der Waals surface area contributed by atoms with E-state index in [0.717, 1.165) is 31.4 Å². The van der Waals surface area contributed by atoms with E-state index in [4.69, 9.17) is 9.47 Å². The maximum Gasteiger partial charge on any atom is 0.123 e. The number of aliphatic hydroxyl groups is 1. The van der Waals surface area contributed by atoms with Crippen molar-refractivity contribution in [1.82, 2.24) is 0 Å². The minimum atomic E-state index is -0.854. The summed E-state index contributed by atoms with van der Waals surface area (Å²) in [5.41, 5.74) is -0.231. The monoisotopic (exact) mass is 294 g/mol. The van der Waals surface area contributed by atoms with E-state index in [1.54, 1.807) is 6.07 Å². The lowest BCUT2D eigenvalue weighted by Gasteiger charge is -2.43. The first-order valence-corrected chi connectivity index (χ1v) is 7.68. The standard InChI is InChI=1S/C17H23FO3/c1-16(19,10-13-3-2-4-15(18)9-13)14-5-7-21-17(11-14)6-8-20-12-17/h2-4,9,14,19H,5-8,10-12H2,1H3. The third kappa shape index (κ3) is 3.28. The van der Waals surface area contributed by atoms with Gasteiger partial charge >= 0.3 is 0 Å². The third-order valence-electron chi connectivity index (χ3n) is 4.89. The van der Waals surface area contributed by atoms with Crippen molar-refractivity contribution in [1.29, 1.82) is 0 Å². The highest BCUT2D eigenvalue weighted by Gasteiger charge is 2.46. The topological polar surface area (TPSA) is 38.7 Å². The Balaban J connectivity index is 1.71. The predicted octanol–water partition coefficient (Wildman–Crippen LogP) is 2.70. The molecule has 0 aromatic heterocycles. The van der Waals surface area contributed by atoms with Crippen molar-refractivity contribution in [3.8, 4) is 0 Å². The summed E-state index contributed by atoms with van der Waals surface area (Å²) in [5.74, 6) is -0.104. The van der Waals surface area contributed by atoms with Gasteiger partial charge in [0.15, 0.2) is 0 Å². The zero-order valence-electron chi connectivity index (χ0n) is 12.5. The smallest absolute Gasteiger partial charge is 0.123 e. The van der Waals surface area contributed by atoms with Crippen LogP contribution in [0.5, 0.6) is 0 Å². The van der Waals surface area contributed by atoms with Crippen molar-refractivity contribution < 1.29 is 19.0 Å². The molecule has 3 rings (SSSR count). The Morgan fingerprint density at radius 2 is 2.29 bits per heavy atom. The molecule has 3 nitrogen and oxygen atoms in total. The zero-order valence-corrected chi connectivity index (χ0v) is 12.5. The zero-order chi connectivity index (χ0) is 14.9. The molecule has 2 heterocycles. The Hall–Kier alpha value is -0.970. The molecule has 2 saturated heterocycles. The molecule has 0 aliphatic carbocycles. The fourth-order valence-electron chi connectivity index (χ4n) is 3.63. The van der Waals surface area contributed by atoms with Gasteiger partial charge in [-0.1, -0.05) is 12.1 Å². The summed E-state index contributed by atoms with van der Waals surface area (Å²) in [6, 6.07) is 6.49. The minimum absolute atomic E-state index is 0.149. The highest BCUT2D eigenvalue weighted by Crippen LogP contribution is 2.41. The number of benzene rings is 1. The van der Waals surface area contributed by atoms with E-state index in [1.807, 2.05) is 13.0 Å². The first-order chi connectivity index (χ1) is 9.99. The molecule has 1 aromatic rings. The van der Waals surface area contributed by atoms with Crippen molar-refractivity contribution in [2.24, 2.45) is 5.92 Å². The van der Waals surface area contributed by atoms with Crippen molar-refractivity contribution in [2.75, 3.05) is 19.8 Å². The normalized spacial score (nSPS) is 32.2. The number of hydrogen-bond acceptors (Lipinski definition) is 3. The number of ether oxygens (including phenoxy) is 2. The lowest BCUT2D eigenvalue weighted by atomic mass is 9.74. The van der Waals surface area contributed by atoms with Gasteiger partial charge in [0, 0.05) is 26.1 Å². The Kier molecular flexibility index (Phi) is 4.04. The van der Waals surface area contributed by atoms with Crippen LogP contribution in [0.25, 0.3) is 0 Å². The van der Waals surface area contributed by atoms with E-state index in [1.165, 1.54) is 12.1 Å². The first kappa shape index (κ1) is 14.9. The molecule has 2 aliphatic heterocycles. The molecule has 4 heteroatoms. The summed E-state index contributed by atoms with van der Waals surface area (Å²) >= 11 is 0. The van der Waals surface area contributed by atoms with Gasteiger partial charge in [-0.05, 0) is 43.4 Å². The second-order valence-electron chi connectivity index (χ2n) is 6.69. The summed E-state index contributed by atoms with van der Waals surface area (Å²) < 4.78 is 24.7. The van der Waals surface area contributed by atoms with Gasteiger partial charge in [0.2, 0.25) is 0 Å². The van der Waals surface area contributed by atoms with Crippen LogP contribution in [0.1, 0.15) is 31.7 Å². The van der Waals surface area contributed by atoms with Crippen LogP contribution in [0.15, 0.2) is 24.3 Å². The average Bonchev–Trinajstić information content (AvgIpc) is 2.86. The van der Waals surface area contributed by atoms with Crippen LogP contribution < -0.4 is 0 Å². The maximum atomic E-state index is 13.3. The van der Waals surface area contributed by atoms with Crippen molar-refractivity contribution in [3.63, 3.8) is 0 Å². The van der Waals surface area contributed by atoms with E-state index in [9.17, 15) is 9.50 Å². The highest BCUT2D eigenvalue weighted by atomic mass is 19.1. The second-order valence-corrected chi connectivity index (χ2v) is 6.69. The van der Waals surface area contributed by atoms with Crippen LogP contribution in [-0.2, 0) is 15.9 Å². The van der Waals surface area contributed by atoms with Gasteiger partial charge < -0.3 is 14.6 Å². The molecule has 3 unspecified atom stereocenters. The number of rotatable bonds is 3. The van der Waals surface area contributed by atoms with E-state index >= 15 is 0 Å². The van der Waals surface area contributed by atoms with Crippen LogP contribution in [0.3, 0.4) is 0 Å². The highest BCUT2D eigenvalue weighted by molar-refractivity contribution is 5.19. The van der Waals surface area contributed by atoms with Crippen molar-refractivity contribution in [3.05, 3.63) is 35.6 Å². The summed E-state index contributed by atoms with van der Waals surface area (Å²) in [7, 11) is 0. The second kappa shape index (κ2) is 5.67. The molecule has 1 N–H and O–H groups in total. The average molecular weight is 294 g/mol. The van der Waals surface area contributed by atoms with Gasteiger partial charge in [-0.25, -0.2) is 4.39 Å². The minimum Gasteiger partial charge on any atom is -0.390 e. The molecule has 2 fully saturated rings. The van der Waals surface area contributed by atoms with Gasteiger partial charge in [-0.15, -0.1) is 0 Å². The lowest BCUT2D eigenvalue weighted by Crippen LogP contribution is -2.48. The Morgan fingerprint density at radius 3 is 3.00 bits per heavy atom. The summed E-state index contributed by atoms with van der Waals surface area (Å²) in [6.07, 6.45) is 3.02.